The van der Waals surface area contributed by atoms with Crippen molar-refractivity contribution >= 4 is 23.9 Å². The Hall–Kier alpha value is -3.80. The molecule has 3 rings (SSSR count). The van der Waals surface area contributed by atoms with Crippen LogP contribution in [0.15, 0.2) is 60.7 Å². The minimum atomic E-state index is -1.82. The van der Waals surface area contributed by atoms with Crippen LogP contribution in [-0.4, -0.2) is 100 Å². The minimum Gasteiger partial charge on any atom is -0.473 e. The van der Waals surface area contributed by atoms with Gasteiger partial charge < -0.3 is 30.1 Å². The molecule has 11 nitrogen and oxygen atoms in total. The van der Waals surface area contributed by atoms with E-state index < -0.39 is 23.9 Å². The van der Waals surface area contributed by atoms with Gasteiger partial charge in [-0.25, -0.2) is 19.2 Å². The molecule has 1 aliphatic heterocycles. The van der Waals surface area contributed by atoms with Crippen molar-refractivity contribution in [2.24, 2.45) is 0 Å². The molecule has 2 aromatic carbocycles. The molecule has 0 unspecified atom stereocenters. The van der Waals surface area contributed by atoms with E-state index in [1.165, 1.54) is 82.0 Å². The number of aryl methyl sites for hydroxylation is 1. The summed E-state index contributed by atoms with van der Waals surface area (Å²) in [6, 6.07) is 21.7. The maximum atomic E-state index is 9.10. The highest BCUT2D eigenvalue weighted by Crippen LogP contribution is 2.17. The normalized spacial score (nSPS) is 13.2. The number of likely N-dealkylation sites (tertiary alicyclic amines) is 1. The first-order valence-electron chi connectivity index (χ1n) is 15.1. The smallest absolute Gasteiger partial charge is 0.414 e. The molecule has 1 saturated heterocycles. The monoisotopic (exact) mass is 616 g/mol. The van der Waals surface area contributed by atoms with Gasteiger partial charge in [-0.2, -0.15) is 0 Å². The Labute approximate surface area is 260 Å². The minimum absolute atomic E-state index is 0.473. The second kappa shape index (κ2) is 23.6. The van der Waals surface area contributed by atoms with E-state index in [0.29, 0.717) is 6.10 Å². The fourth-order valence-electron chi connectivity index (χ4n) is 4.63. The predicted octanol–water partition coefficient (Wildman–Crippen LogP) is 4.49. The summed E-state index contributed by atoms with van der Waals surface area (Å²) in [6.45, 7) is 6.79. The Morgan fingerprint density at radius 3 is 1.61 bits per heavy atom. The summed E-state index contributed by atoms with van der Waals surface area (Å²) in [4.78, 5) is 41.5. The first-order valence-corrected chi connectivity index (χ1v) is 15.1. The molecule has 244 valence electrons. The fourth-order valence-corrected chi connectivity index (χ4v) is 4.63. The maximum Gasteiger partial charge on any atom is 0.414 e. The van der Waals surface area contributed by atoms with Crippen LogP contribution in [0.2, 0.25) is 0 Å². The molecule has 11 heteroatoms. The van der Waals surface area contributed by atoms with Crippen LogP contribution in [0.25, 0.3) is 0 Å². The van der Waals surface area contributed by atoms with Gasteiger partial charge in [0.05, 0.1) is 6.10 Å². The van der Waals surface area contributed by atoms with Gasteiger partial charge in [0.15, 0.2) is 0 Å². The topological polar surface area (TPSA) is 165 Å². The SMILES string of the molecule is CN(CCCCCOC1CCN(Cc2ccccc2)CC1)CCCCCc1ccccc1.O=C(O)C(=O)O.O=C(O)C(=O)O. The van der Waals surface area contributed by atoms with E-state index >= 15 is 0 Å². The summed E-state index contributed by atoms with van der Waals surface area (Å²) in [5, 5.41) is 29.6. The molecular formula is C33H48N2O9. The van der Waals surface area contributed by atoms with Crippen LogP contribution in [0, 0.1) is 0 Å². The molecule has 4 N–H and O–H groups in total. The standard InChI is InChI=1S/C29H44N2O.2C2H2O4/c1-30(21-11-4-10-16-27-14-6-2-7-15-27)22-12-5-13-25-32-29-19-23-31(24-20-29)26-28-17-8-3-9-18-28;2*3-1(4)2(5)6/h2-3,6-9,14-15,17-18,29H,4-5,10-13,16,19-26H2,1H3;2*(H,3,4)(H,5,6). The maximum absolute atomic E-state index is 9.10. The zero-order valence-corrected chi connectivity index (χ0v) is 25.7. The van der Waals surface area contributed by atoms with Crippen LogP contribution in [0.3, 0.4) is 0 Å². The third-order valence-electron chi connectivity index (χ3n) is 7.04. The van der Waals surface area contributed by atoms with Crippen LogP contribution in [0.4, 0.5) is 0 Å². The largest absolute Gasteiger partial charge is 0.473 e. The highest BCUT2D eigenvalue weighted by Gasteiger charge is 2.19. The summed E-state index contributed by atoms with van der Waals surface area (Å²) in [5.41, 5.74) is 2.89. The molecule has 0 saturated carbocycles. The number of nitrogens with zero attached hydrogens (tertiary/aromatic N) is 2. The first kappa shape index (κ1) is 38.2. The lowest BCUT2D eigenvalue weighted by Crippen LogP contribution is -2.36. The number of rotatable bonds is 15. The molecule has 0 amide bonds. The van der Waals surface area contributed by atoms with E-state index in [4.69, 9.17) is 44.3 Å². The lowest BCUT2D eigenvalue weighted by Gasteiger charge is -2.32. The van der Waals surface area contributed by atoms with E-state index in [1.54, 1.807) is 0 Å². The number of hydrogen-bond donors (Lipinski definition) is 4. The van der Waals surface area contributed by atoms with E-state index in [1.807, 2.05) is 0 Å². The Morgan fingerprint density at radius 2 is 1.14 bits per heavy atom. The Bertz CT molecular complexity index is 1030. The van der Waals surface area contributed by atoms with Crippen molar-refractivity contribution in [1.82, 2.24) is 9.80 Å². The van der Waals surface area contributed by atoms with Crippen molar-refractivity contribution in [1.29, 1.82) is 0 Å². The first-order chi connectivity index (χ1) is 21.1. The van der Waals surface area contributed by atoms with Crippen LogP contribution in [0.1, 0.15) is 62.5 Å². The summed E-state index contributed by atoms with van der Waals surface area (Å²) in [5.74, 6) is -7.30. The van der Waals surface area contributed by atoms with Gasteiger partial charge in [0, 0.05) is 26.2 Å². The van der Waals surface area contributed by atoms with Crippen molar-refractivity contribution < 1.29 is 44.3 Å². The van der Waals surface area contributed by atoms with Crippen molar-refractivity contribution in [3.05, 3.63) is 71.8 Å². The van der Waals surface area contributed by atoms with Crippen molar-refractivity contribution in [2.45, 2.75) is 70.4 Å². The molecule has 0 aliphatic carbocycles. The predicted molar refractivity (Wildman–Crippen MR) is 167 cm³/mol. The molecular weight excluding hydrogens is 568 g/mol. The summed E-state index contributed by atoms with van der Waals surface area (Å²) < 4.78 is 6.18. The number of carboxylic acid groups (broad SMARTS) is 4. The van der Waals surface area contributed by atoms with E-state index in [-0.39, 0.29) is 0 Å². The van der Waals surface area contributed by atoms with E-state index in [0.717, 1.165) is 26.2 Å². The lowest BCUT2D eigenvalue weighted by molar-refractivity contribution is -0.159. The van der Waals surface area contributed by atoms with Gasteiger partial charge >= 0.3 is 23.9 Å². The molecule has 0 atom stereocenters. The molecule has 1 heterocycles. The highest BCUT2D eigenvalue weighted by molar-refractivity contribution is 6.27. The highest BCUT2D eigenvalue weighted by atomic mass is 16.5. The van der Waals surface area contributed by atoms with Crippen LogP contribution in [-0.2, 0) is 36.9 Å². The molecule has 0 bridgehead atoms. The summed E-state index contributed by atoms with van der Waals surface area (Å²) in [7, 11) is 2.27. The van der Waals surface area contributed by atoms with E-state index in [9.17, 15) is 0 Å². The van der Waals surface area contributed by atoms with Gasteiger partial charge in [-0.05, 0) is 82.6 Å². The number of ether oxygens (including phenoxy) is 1. The number of benzene rings is 2. The lowest BCUT2D eigenvalue weighted by atomic mass is 10.1. The number of hydrogen-bond acceptors (Lipinski definition) is 7. The number of carboxylic acids is 4. The molecule has 1 fully saturated rings. The van der Waals surface area contributed by atoms with Gasteiger partial charge in [-0.3, -0.25) is 4.90 Å². The second-order valence-corrected chi connectivity index (χ2v) is 10.7. The average Bonchev–Trinajstić information content (AvgIpc) is 3.01. The van der Waals surface area contributed by atoms with Gasteiger partial charge in [0.1, 0.15) is 0 Å². The fraction of sp³-hybridized carbons (Fsp3) is 0.515. The molecule has 0 aromatic heterocycles. The van der Waals surface area contributed by atoms with Crippen molar-refractivity contribution in [3.63, 3.8) is 0 Å². The Balaban J connectivity index is 0.000000681. The number of piperidine rings is 1. The Morgan fingerprint density at radius 1 is 0.682 bits per heavy atom. The van der Waals surface area contributed by atoms with Gasteiger partial charge in [-0.1, -0.05) is 67.1 Å². The van der Waals surface area contributed by atoms with Crippen LogP contribution >= 0.6 is 0 Å². The van der Waals surface area contributed by atoms with Crippen molar-refractivity contribution in [3.8, 4) is 0 Å². The molecule has 1 aliphatic rings. The molecule has 44 heavy (non-hydrogen) atoms. The number of aliphatic carboxylic acids is 4. The Kier molecular flexibility index (Phi) is 20.5. The molecule has 0 spiro atoms. The van der Waals surface area contributed by atoms with Crippen LogP contribution in [0.5, 0.6) is 0 Å². The van der Waals surface area contributed by atoms with Gasteiger partial charge in [-0.15, -0.1) is 0 Å². The van der Waals surface area contributed by atoms with Gasteiger partial charge in [0.2, 0.25) is 0 Å². The molecule has 0 radical (unpaired) electrons. The number of unbranched alkanes of at least 4 members (excludes halogenated alkanes) is 4. The third-order valence-corrected chi connectivity index (χ3v) is 7.04. The zero-order valence-electron chi connectivity index (χ0n) is 25.7. The summed E-state index contributed by atoms with van der Waals surface area (Å²) >= 11 is 0. The van der Waals surface area contributed by atoms with Gasteiger partial charge in [0.25, 0.3) is 0 Å². The molecule has 2 aromatic rings. The average molecular weight is 617 g/mol. The second-order valence-electron chi connectivity index (χ2n) is 10.7. The van der Waals surface area contributed by atoms with Crippen molar-refractivity contribution in [2.75, 3.05) is 39.8 Å². The number of carbonyl (C=O) groups is 4. The quantitative estimate of drug-likeness (QED) is 0.165. The van der Waals surface area contributed by atoms with E-state index in [2.05, 4.69) is 77.5 Å². The third kappa shape index (κ3) is 20.2. The summed E-state index contributed by atoms with van der Waals surface area (Å²) in [6.07, 6.45) is 11.8. The van der Waals surface area contributed by atoms with Crippen LogP contribution < -0.4 is 0 Å². The zero-order chi connectivity index (χ0) is 32.6.